The van der Waals surface area contributed by atoms with Gasteiger partial charge < -0.3 is 38.5 Å². The number of ether oxygens (including phenoxy) is 7. The number of carbonyl (C=O) groups excluding carboxylic acids is 7. The lowest BCUT2D eigenvalue weighted by molar-refractivity contribution is -0.304. The summed E-state index contributed by atoms with van der Waals surface area (Å²) in [5, 5.41) is 2.68. The second-order valence-electron chi connectivity index (χ2n) is 9.82. The van der Waals surface area contributed by atoms with Gasteiger partial charge in [-0.2, -0.15) is 0 Å². The highest BCUT2D eigenvalue weighted by Gasteiger charge is 2.60. The van der Waals surface area contributed by atoms with Gasteiger partial charge in [0.25, 0.3) is 0 Å². The van der Waals surface area contributed by atoms with Crippen molar-refractivity contribution in [3.8, 4) is 0 Å². The number of carbonyl (C=O) groups is 7. The number of nitrogens with one attached hydrogen (secondary N) is 1. The van der Waals surface area contributed by atoms with Crippen molar-refractivity contribution in [2.75, 3.05) is 13.7 Å². The fourth-order valence-corrected chi connectivity index (χ4v) is 4.18. The van der Waals surface area contributed by atoms with Crippen molar-refractivity contribution < 1.29 is 66.7 Å². The molecule has 15 heteroatoms. The number of rotatable bonds is 13. The Morgan fingerprint density at radius 3 is 1.95 bits per heavy atom. The minimum Gasteiger partial charge on any atom is -0.464 e. The first-order valence-corrected chi connectivity index (χ1v) is 12.9. The fourth-order valence-electron chi connectivity index (χ4n) is 4.18. The minimum absolute atomic E-state index is 0.0405. The van der Waals surface area contributed by atoms with E-state index >= 15 is 0 Å². The molecule has 1 saturated heterocycles. The van der Waals surface area contributed by atoms with E-state index in [0.29, 0.717) is 6.42 Å². The van der Waals surface area contributed by atoms with E-state index in [2.05, 4.69) is 5.32 Å². The summed E-state index contributed by atoms with van der Waals surface area (Å²) >= 11 is 0. The molecular formula is C26H39NO14. The number of amides is 1. The van der Waals surface area contributed by atoms with E-state index in [4.69, 9.17) is 33.2 Å². The molecule has 1 amide bonds. The Morgan fingerprint density at radius 2 is 1.49 bits per heavy atom. The van der Waals surface area contributed by atoms with E-state index in [1.165, 1.54) is 0 Å². The molecule has 0 unspecified atom stereocenters. The zero-order valence-corrected chi connectivity index (χ0v) is 24.5. The molecule has 1 fully saturated rings. The summed E-state index contributed by atoms with van der Waals surface area (Å²) in [7, 11) is 0.985. The molecule has 0 bridgehead atoms. The van der Waals surface area contributed by atoms with Gasteiger partial charge in [-0.3, -0.25) is 28.8 Å². The normalized spacial score (nSPS) is 23.3. The van der Waals surface area contributed by atoms with Crippen LogP contribution in [0.15, 0.2) is 0 Å². The summed E-state index contributed by atoms with van der Waals surface area (Å²) in [4.78, 5) is 86.0. The molecule has 1 aliphatic heterocycles. The van der Waals surface area contributed by atoms with Gasteiger partial charge in [0.05, 0.1) is 19.6 Å². The van der Waals surface area contributed by atoms with E-state index in [-0.39, 0.29) is 12.3 Å². The van der Waals surface area contributed by atoms with Crippen LogP contribution in [0.2, 0.25) is 0 Å². The Labute approximate surface area is 237 Å². The molecule has 0 spiro atoms. The van der Waals surface area contributed by atoms with Gasteiger partial charge in [0, 0.05) is 41.0 Å². The first-order chi connectivity index (χ1) is 19.0. The van der Waals surface area contributed by atoms with Gasteiger partial charge in [0.15, 0.2) is 12.2 Å². The van der Waals surface area contributed by atoms with Crippen LogP contribution in [0, 0.1) is 5.92 Å². The molecule has 0 radical (unpaired) electrons. The van der Waals surface area contributed by atoms with E-state index in [0.717, 1.165) is 41.7 Å². The second-order valence-corrected chi connectivity index (χ2v) is 9.82. The van der Waals surface area contributed by atoms with Crippen molar-refractivity contribution in [1.29, 1.82) is 0 Å². The molecule has 0 aromatic rings. The van der Waals surface area contributed by atoms with Crippen LogP contribution >= 0.6 is 0 Å². The molecule has 15 nitrogen and oxygen atoms in total. The Morgan fingerprint density at radius 1 is 0.878 bits per heavy atom. The molecule has 0 aliphatic carbocycles. The third-order valence-corrected chi connectivity index (χ3v) is 5.71. The topological polar surface area (TPSA) is 196 Å². The smallest absolute Gasteiger partial charge is 0.379 e. The summed E-state index contributed by atoms with van der Waals surface area (Å²) in [5.74, 6) is -8.51. The van der Waals surface area contributed by atoms with Gasteiger partial charge >= 0.3 is 41.6 Å². The van der Waals surface area contributed by atoms with Gasteiger partial charge in [0.1, 0.15) is 18.8 Å². The lowest BCUT2D eigenvalue weighted by atomic mass is 9.87. The monoisotopic (exact) mass is 589 g/mol. The predicted octanol–water partition coefficient (Wildman–Crippen LogP) is 0.487. The average Bonchev–Trinajstić information content (AvgIpc) is 2.83. The number of hydrogen-bond donors (Lipinski definition) is 1. The van der Waals surface area contributed by atoms with Crippen LogP contribution in [0.3, 0.4) is 0 Å². The molecule has 1 heterocycles. The molecule has 0 aromatic heterocycles. The molecule has 1 rings (SSSR count). The maximum absolute atomic E-state index is 13.0. The van der Waals surface area contributed by atoms with E-state index in [1.54, 1.807) is 0 Å². The maximum atomic E-state index is 13.0. The van der Waals surface area contributed by atoms with Gasteiger partial charge in [-0.05, 0) is 12.3 Å². The standard InChI is InChI=1S/C26H39NO14/c1-13(2)9-10-21(33)27-22-19(37-15(4)29)11-26(25(34)35-8,40-18(7)32)41-24(22)23(39-17(6)31)20(38-16(5)30)12-36-14(3)28/h13,19-20,22-24H,9-12H2,1-8H3,(H,27,33)/t19-,20+,22+,23+,24+,26+/m0/s1. The van der Waals surface area contributed by atoms with Crippen molar-refractivity contribution in [3.63, 3.8) is 0 Å². The first kappa shape index (κ1) is 35.3. The predicted molar refractivity (Wildman–Crippen MR) is 135 cm³/mol. The van der Waals surface area contributed by atoms with Crippen molar-refractivity contribution in [2.24, 2.45) is 5.92 Å². The molecule has 6 atom stereocenters. The van der Waals surface area contributed by atoms with E-state index < -0.39 is 91.0 Å². The summed E-state index contributed by atoms with van der Waals surface area (Å²) < 4.78 is 37.2. The van der Waals surface area contributed by atoms with Crippen LogP contribution in [0.25, 0.3) is 0 Å². The first-order valence-electron chi connectivity index (χ1n) is 12.9. The fraction of sp³-hybridized carbons (Fsp3) is 0.731. The lowest BCUT2D eigenvalue weighted by Gasteiger charge is -2.48. The summed E-state index contributed by atoms with van der Waals surface area (Å²) in [6.45, 7) is 8.36. The van der Waals surface area contributed by atoms with Crippen molar-refractivity contribution in [1.82, 2.24) is 5.32 Å². The van der Waals surface area contributed by atoms with Gasteiger partial charge in [-0.15, -0.1) is 0 Å². The zero-order chi connectivity index (χ0) is 31.5. The van der Waals surface area contributed by atoms with E-state index in [1.807, 2.05) is 13.8 Å². The Bertz CT molecular complexity index is 995. The Balaban J connectivity index is 3.86. The van der Waals surface area contributed by atoms with Crippen LogP contribution < -0.4 is 5.32 Å². The molecule has 0 saturated carbocycles. The molecular weight excluding hydrogens is 550 g/mol. The minimum atomic E-state index is -2.55. The van der Waals surface area contributed by atoms with Crippen LogP contribution in [0.5, 0.6) is 0 Å². The average molecular weight is 590 g/mol. The maximum Gasteiger partial charge on any atom is 0.379 e. The van der Waals surface area contributed by atoms with E-state index in [9.17, 15) is 33.6 Å². The highest BCUT2D eigenvalue weighted by Crippen LogP contribution is 2.37. The molecule has 0 aromatic carbocycles. The molecule has 41 heavy (non-hydrogen) atoms. The second kappa shape index (κ2) is 15.9. The quantitative estimate of drug-likeness (QED) is 0.230. The number of hydrogen-bond acceptors (Lipinski definition) is 14. The van der Waals surface area contributed by atoms with Crippen molar-refractivity contribution in [3.05, 3.63) is 0 Å². The molecule has 1 aliphatic rings. The Kier molecular flexibility index (Phi) is 13.7. The van der Waals surface area contributed by atoms with Crippen LogP contribution in [0.1, 0.15) is 67.7 Å². The van der Waals surface area contributed by atoms with Crippen LogP contribution in [-0.2, 0) is 66.7 Å². The summed E-state index contributed by atoms with van der Waals surface area (Å²) in [6, 6.07) is -1.35. The number of esters is 6. The van der Waals surface area contributed by atoms with Crippen LogP contribution in [-0.4, -0.2) is 91.7 Å². The highest BCUT2D eigenvalue weighted by molar-refractivity contribution is 5.82. The summed E-state index contributed by atoms with van der Waals surface area (Å²) in [5.41, 5.74) is 0. The van der Waals surface area contributed by atoms with Crippen molar-refractivity contribution >= 4 is 41.7 Å². The largest absolute Gasteiger partial charge is 0.464 e. The third-order valence-electron chi connectivity index (χ3n) is 5.71. The molecule has 232 valence electrons. The van der Waals surface area contributed by atoms with Gasteiger partial charge in [0.2, 0.25) is 5.91 Å². The third kappa shape index (κ3) is 11.3. The molecule has 1 N–H and O–H groups in total. The SMILES string of the molecule is COC(=O)[C@@]1(OC(C)=O)C[C@H](OC(C)=O)[C@@H](NC(=O)CCC(C)C)[C@H]([C@H](OC(C)=O)[C@@H](COC(C)=O)OC(C)=O)O1. The number of methoxy groups -OCH3 is 1. The highest BCUT2D eigenvalue weighted by atomic mass is 16.8. The van der Waals surface area contributed by atoms with Crippen LogP contribution in [0.4, 0.5) is 0 Å². The van der Waals surface area contributed by atoms with Crippen molar-refractivity contribution in [2.45, 2.75) is 104 Å². The van der Waals surface area contributed by atoms with Gasteiger partial charge in [-0.1, -0.05) is 13.8 Å². The summed E-state index contributed by atoms with van der Waals surface area (Å²) in [6.07, 6.45) is -6.47. The Hall–Kier alpha value is -3.75. The zero-order valence-electron chi connectivity index (χ0n) is 24.5. The lowest BCUT2D eigenvalue weighted by Crippen LogP contribution is -2.69. The van der Waals surface area contributed by atoms with Gasteiger partial charge in [-0.25, -0.2) is 4.79 Å².